The molecule has 1 atom stereocenters. The van der Waals surface area contributed by atoms with Gasteiger partial charge in [0.1, 0.15) is 11.8 Å². The molecular weight excluding hydrogens is 778 g/mol. The molecule has 0 unspecified atom stereocenters. The molecule has 11 nitrogen and oxygen atoms in total. The highest BCUT2D eigenvalue weighted by Gasteiger charge is 2.38. The van der Waals surface area contributed by atoms with Crippen LogP contribution in [0.3, 0.4) is 0 Å². The summed E-state index contributed by atoms with van der Waals surface area (Å²) in [6.07, 6.45) is 2.88. The van der Waals surface area contributed by atoms with Crippen LogP contribution in [0.15, 0.2) is 130 Å². The summed E-state index contributed by atoms with van der Waals surface area (Å²) in [4.78, 5) is 26.7. The van der Waals surface area contributed by atoms with Gasteiger partial charge in [0.25, 0.3) is 10.0 Å². The topological polar surface area (TPSA) is 130 Å². The first-order chi connectivity index (χ1) is 25.4. The molecule has 0 spiro atoms. The average molecular weight is 815 g/mol. The molecule has 3 heterocycles. The molecule has 53 heavy (non-hydrogen) atoms. The Morgan fingerprint density at radius 1 is 0.792 bits per heavy atom. The van der Waals surface area contributed by atoms with Crippen molar-refractivity contribution in [2.45, 2.75) is 29.4 Å². The summed E-state index contributed by atoms with van der Waals surface area (Å²) < 4.78 is 62.8. The van der Waals surface area contributed by atoms with Gasteiger partial charge in [-0.25, -0.2) is 18.4 Å². The van der Waals surface area contributed by atoms with Crippen molar-refractivity contribution in [1.82, 2.24) is 19.2 Å². The van der Waals surface area contributed by atoms with Crippen LogP contribution < -0.4 is 9.08 Å². The number of carbonyl (C=O) groups is 1. The summed E-state index contributed by atoms with van der Waals surface area (Å²) in [6, 6.07) is 28.7. The minimum atomic E-state index is -4.29. The third-order valence-electron chi connectivity index (χ3n) is 9.51. The lowest BCUT2D eigenvalue weighted by molar-refractivity contribution is -0.135. The maximum absolute atomic E-state index is 14.4. The highest BCUT2D eigenvalue weighted by molar-refractivity contribution is 9.10. The van der Waals surface area contributed by atoms with E-state index in [4.69, 9.17) is 4.18 Å². The second-order valence-electron chi connectivity index (χ2n) is 12.8. The summed E-state index contributed by atoms with van der Waals surface area (Å²) >= 11 is 3.52. The van der Waals surface area contributed by atoms with Crippen LogP contribution in [0.2, 0.25) is 0 Å². The number of pyridine rings is 2. The Hall–Kier alpha value is -4.89. The van der Waals surface area contributed by atoms with Gasteiger partial charge in [0, 0.05) is 66.6 Å². The molecule has 272 valence electrons. The number of hydrogen-bond acceptors (Lipinski definition) is 9. The van der Waals surface area contributed by atoms with Gasteiger partial charge in [-0.2, -0.15) is 12.7 Å². The first kappa shape index (κ1) is 36.5. The smallest absolute Gasteiger partial charge is 0.357 e. The summed E-state index contributed by atoms with van der Waals surface area (Å²) in [5.41, 5.74) is 2.80. The number of rotatable bonds is 10. The SMILES string of the molecule is Cc1cc(Br)ccc1N1CCN(C(=O)[C@H](Cc2ccc(OS(=O)(=O)c3nccc4ccccc34)cc2)N(C)S(=O)(=O)c2nccc3ccccc23)CC1. The van der Waals surface area contributed by atoms with Crippen molar-refractivity contribution in [3.8, 4) is 5.75 Å². The van der Waals surface area contributed by atoms with E-state index in [2.05, 4.69) is 42.9 Å². The Kier molecular flexibility index (Phi) is 10.2. The number of anilines is 1. The fourth-order valence-corrected chi connectivity index (χ4v) is 9.68. The van der Waals surface area contributed by atoms with Gasteiger partial charge in [-0.05, 0) is 77.7 Å². The number of likely N-dealkylation sites (N-methyl/N-ethyl adjacent to an activating group) is 1. The van der Waals surface area contributed by atoms with Crippen molar-refractivity contribution < 1.29 is 25.8 Å². The van der Waals surface area contributed by atoms with Gasteiger partial charge in [0.2, 0.25) is 10.9 Å². The van der Waals surface area contributed by atoms with E-state index in [0.29, 0.717) is 53.3 Å². The molecular formula is C39H36BrN5O6S2. The molecule has 7 rings (SSSR count). The standard InChI is InChI=1S/C39H36BrN5O6S2/c1-27-25-31(40)13-16-35(27)44-21-23-45(24-22-44)39(46)36(43(2)52(47,48)37-33-9-5-3-7-29(33)17-19-41-37)26-28-11-14-32(15-12-28)51-53(49,50)38-34-10-6-4-8-30(34)18-20-42-38/h3-20,25,36H,21-24,26H2,1-2H3/t36-/m0/s1. The highest BCUT2D eigenvalue weighted by atomic mass is 79.9. The van der Waals surface area contributed by atoms with Crippen molar-refractivity contribution in [3.63, 3.8) is 0 Å². The molecule has 1 aliphatic rings. The molecule has 2 aromatic heterocycles. The molecule has 0 bridgehead atoms. The summed E-state index contributed by atoms with van der Waals surface area (Å²) in [7, 11) is -7.14. The third-order valence-corrected chi connectivity index (χ3v) is 13.0. The lowest BCUT2D eigenvalue weighted by Crippen LogP contribution is -2.56. The van der Waals surface area contributed by atoms with E-state index in [1.165, 1.54) is 31.6 Å². The number of benzene rings is 4. The molecule has 0 N–H and O–H groups in total. The number of nitrogens with zero attached hydrogens (tertiary/aromatic N) is 5. The number of sulfonamides is 1. The molecule has 1 amide bonds. The normalized spacial score (nSPS) is 14.5. The van der Waals surface area contributed by atoms with Crippen molar-refractivity contribution >= 4 is 69.2 Å². The van der Waals surface area contributed by atoms with Crippen molar-refractivity contribution in [2.24, 2.45) is 0 Å². The highest BCUT2D eigenvalue weighted by Crippen LogP contribution is 2.29. The van der Waals surface area contributed by atoms with Crippen LogP contribution in [-0.2, 0) is 31.4 Å². The molecule has 1 fully saturated rings. The maximum atomic E-state index is 14.4. The van der Waals surface area contributed by atoms with Gasteiger partial charge in [-0.3, -0.25) is 4.79 Å². The zero-order chi connectivity index (χ0) is 37.3. The Balaban J connectivity index is 1.15. The number of fused-ring (bicyclic) bond motifs is 2. The van der Waals surface area contributed by atoms with Gasteiger partial charge in [-0.1, -0.05) is 76.6 Å². The third kappa shape index (κ3) is 7.49. The van der Waals surface area contributed by atoms with E-state index in [0.717, 1.165) is 20.0 Å². The van der Waals surface area contributed by atoms with Crippen LogP contribution in [0.25, 0.3) is 21.5 Å². The molecule has 1 saturated heterocycles. The molecule has 14 heteroatoms. The van der Waals surface area contributed by atoms with Gasteiger partial charge >= 0.3 is 10.1 Å². The van der Waals surface area contributed by atoms with Crippen molar-refractivity contribution in [3.05, 3.63) is 131 Å². The predicted octanol–water partition coefficient (Wildman–Crippen LogP) is 6.20. The number of carbonyl (C=O) groups excluding carboxylic acids is 1. The van der Waals surface area contributed by atoms with Gasteiger partial charge < -0.3 is 14.0 Å². The molecule has 1 aliphatic heterocycles. The summed E-state index contributed by atoms with van der Waals surface area (Å²) in [6.45, 7) is 4.00. The summed E-state index contributed by atoms with van der Waals surface area (Å²) in [5, 5.41) is 1.97. The Morgan fingerprint density at radius 3 is 2.00 bits per heavy atom. The second kappa shape index (κ2) is 14.9. The predicted molar refractivity (Wildman–Crippen MR) is 208 cm³/mol. The zero-order valence-electron chi connectivity index (χ0n) is 29.0. The Labute approximate surface area is 317 Å². The molecule has 0 radical (unpaired) electrons. The second-order valence-corrected chi connectivity index (χ2v) is 17.1. The number of hydrogen-bond donors (Lipinski definition) is 0. The molecule has 4 aromatic carbocycles. The van der Waals surface area contributed by atoms with Crippen LogP contribution in [0.4, 0.5) is 5.69 Å². The first-order valence-corrected chi connectivity index (χ1v) is 20.6. The van der Waals surface area contributed by atoms with E-state index < -0.39 is 26.2 Å². The van der Waals surface area contributed by atoms with Crippen LogP contribution in [0, 0.1) is 6.92 Å². The average Bonchev–Trinajstić information content (AvgIpc) is 3.16. The van der Waals surface area contributed by atoms with E-state index >= 15 is 0 Å². The van der Waals surface area contributed by atoms with E-state index in [1.54, 1.807) is 59.5 Å². The van der Waals surface area contributed by atoms with Crippen LogP contribution in [0.1, 0.15) is 11.1 Å². The van der Waals surface area contributed by atoms with E-state index in [1.807, 2.05) is 31.2 Å². The first-order valence-electron chi connectivity index (χ1n) is 16.9. The minimum absolute atomic E-state index is 0.0171. The fraction of sp³-hybridized carbons (Fsp3) is 0.205. The number of aryl methyl sites for hydroxylation is 1. The lowest BCUT2D eigenvalue weighted by atomic mass is 10.0. The number of piperazine rings is 1. The van der Waals surface area contributed by atoms with Crippen LogP contribution >= 0.6 is 15.9 Å². The van der Waals surface area contributed by atoms with Crippen LogP contribution in [-0.4, -0.2) is 81.2 Å². The monoisotopic (exact) mass is 813 g/mol. The molecule has 0 saturated carbocycles. The quantitative estimate of drug-likeness (QED) is 0.149. The number of aromatic nitrogens is 2. The molecule has 0 aliphatic carbocycles. The van der Waals surface area contributed by atoms with Gasteiger partial charge in [-0.15, -0.1) is 0 Å². The largest absolute Gasteiger partial charge is 0.378 e. The molecule has 6 aromatic rings. The lowest BCUT2D eigenvalue weighted by Gasteiger charge is -2.39. The fourth-order valence-electron chi connectivity index (χ4n) is 6.69. The van der Waals surface area contributed by atoms with Gasteiger partial charge in [0.15, 0.2) is 5.03 Å². The number of halogens is 1. The van der Waals surface area contributed by atoms with Crippen molar-refractivity contribution in [1.29, 1.82) is 0 Å². The maximum Gasteiger partial charge on any atom is 0.357 e. The Bertz CT molecular complexity index is 2530. The van der Waals surface area contributed by atoms with E-state index in [9.17, 15) is 21.6 Å². The zero-order valence-corrected chi connectivity index (χ0v) is 32.2. The Morgan fingerprint density at radius 2 is 1.38 bits per heavy atom. The van der Waals surface area contributed by atoms with Crippen molar-refractivity contribution in [2.75, 3.05) is 38.1 Å². The minimum Gasteiger partial charge on any atom is -0.378 e. The van der Waals surface area contributed by atoms with Gasteiger partial charge in [0.05, 0.1) is 0 Å². The van der Waals surface area contributed by atoms with Crippen LogP contribution in [0.5, 0.6) is 5.75 Å². The van der Waals surface area contributed by atoms with E-state index in [-0.39, 0.29) is 28.1 Å². The number of amides is 1. The summed E-state index contributed by atoms with van der Waals surface area (Å²) in [5.74, 6) is -0.292.